The van der Waals surface area contributed by atoms with Crippen LogP contribution in [0.3, 0.4) is 0 Å². The second-order valence-electron chi connectivity index (χ2n) is 5.36. The molecule has 0 saturated carbocycles. The quantitative estimate of drug-likeness (QED) is 0.777. The summed E-state index contributed by atoms with van der Waals surface area (Å²) >= 11 is 11.8. The van der Waals surface area contributed by atoms with Crippen LogP contribution < -0.4 is 5.32 Å². The van der Waals surface area contributed by atoms with E-state index in [1.165, 1.54) is 0 Å². The maximum atomic E-state index is 12.1. The van der Waals surface area contributed by atoms with Gasteiger partial charge in [0.2, 0.25) is 0 Å². The van der Waals surface area contributed by atoms with E-state index in [2.05, 4.69) is 5.32 Å². The van der Waals surface area contributed by atoms with Gasteiger partial charge in [-0.2, -0.15) is 0 Å². The maximum absolute atomic E-state index is 12.1. The Kier molecular flexibility index (Phi) is 7.06. The first kappa shape index (κ1) is 18.7. The summed E-state index contributed by atoms with van der Waals surface area (Å²) < 4.78 is 5.03. The Bertz CT molecular complexity index is 689. The number of aliphatic hydroxyl groups is 1. The Morgan fingerprint density at radius 3 is 2.50 bits per heavy atom. The molecule has 1 amide bonds. The number of hydrogen-bond donors (Lipinski definition) is 2. The molecule has 0 spiro atoms. The molecule has 2 aromatic carbocycles. The number of aliphatic hydroxyl groups excluding tert-OH is 1. The third-order valence-corrected chi connectivity index (χ3v) is 4.30. The number of carbonyl (C=O) groups is 1. The lowest BCUT2D eigenvalue weighted by atomic mass is 10.1. The highest BCUT2D eigenvalue weighted by Crippen LogP contribution is 2.26. The van der Waals surface area contributed by atoms with Gasteiger partial charge in [0.15, 0.2) is 0 Å². The monoisotopic (exact) mass is 367 g/mol. The van der Waals surface area contributed by atoms with Gasteiger partial charge in [0.05, 0.1) is 22.8 Å². The molecule has 0 aliphatic rings. The molecule has 2 aromatic rings. The highest BCUT2D eigenvalue weighted by molar-refractivity contribution is 6.42. The second-order valence-corrected chi connectivity index (χ2v) is 6.18. The van der Waals surface area contributed by atoms with Crippen LogP contribution in [0.1, 0.15) is 34.0 Å². The van der Waals surface area contributed by atoms with Crippen molar-refractivity contribution in [1.29, 1.82) is 0 Å². The fraction of sp³-hybridized carbons (Fsp3) is 0.278. The van der Waals surface area contributed by atoms with Gasteiger partial charge in [-0.3, -0.25) is 4.79 Å². The average Bonchev–Trinajstić information content (AvgIpc) is 2.58. The minimum Gasteiger partial charge on any atom is -0.388 e. The summed E-state index contributed by atoms with van der Waals surface area (Å²) in [5.41, 5.74) is 2.24. The van der Waals surface area contributed by atoms with Crippen molar-refractivity contribution in [2.75, 3.05) is 13.7 Å². The zero-order valence-electron chi connectivity index (χ0n) is 13.3. The van der Waals surface area contributed by atoms with E-state index in [0.717, 1.165) is 5.56 Å². The highest BCUT2D eigenvalue weighted by atomic mass is 35.5. The van der Waals surface area contributed by atoms with Crippen LogP contribution in [0, 0.1) is 0 Å². The van der Waals surface area contributed by atoms with Gasteiger partial charge in [0.25, 0.3) is 5.91 Å². The van der Waals surface area contributed by atoms with E-state index < -0.39 is 6.10 Å². The normalized spacial score (nSPS) is 12.0. The van der Waals surface area contributed by atoms with Crippen molar-refractivity contribution >= 4 is 29.1 Å². The Hall–Kier alpha value is -1.59. The van der Waals surface area contributed by atoms with Crippen molar-refractivity contribution in [3.05, 3.63) is 69.2 Å². The third kappa shape index (κ3) is 5.21. The predicted molar refractivity (Wildman–Crippen MR) is 95.5 cm³/mol. The van der Waals surface area contributed by atoms with E-state index >= 15 is 0 Å². The van der Waals surface area contributed by atoms with Crippen LogP contribution >= 0.6 is 23.2 Å². The molecule has 1 unspecified atom stereocenters. The Labute approximate surface area is 151 Å². The molecule has 0 bridgehead atoms. The molecule has 0 fully saturated rings. The molecule has 128 valence electrons. The van der Waals surface area contributed by atoms with Crippen LogP contribution in [0.25, 0.3) is 0 Å². The fourth-order valence-corrected chi connectivity index (χ4v) is 2.54. The molecule has 0 saturated heterocycles. The first-order valence-electron chi connectivity index (χ1n) is 7.50. The maximum Gasteiger partial charge on any atom is 0.251 e. The van der Waals surface area contributed by atoms with Crippen LogP contribution in [-0.4, -0.2) is 24.7 Å². The number of nitrogens with one attached hydrogen (secondary N) is 1. The third-order valence-electron chi connectivity index (χ3n) is 3.56. The van der Waals surface area contributed by atoms with E-state index in [9.17, 15) is 9.90 Å². The number of benzene rings is 2. The van der Waals surface area contributed by atoms with Crippen LogP contribution in [0.15, 0.2) is 42.5 Å². The van der Waals surface area contributed by atoms with Crippen LogP contribution in [0.2, 0.25) is 10.0 Å². The molecule has 0 aromatic heterocycles. The topological polar surface area (TPSA) is 58.6 Å². The number of rotatable bonds is 7. The highest BCUT2D eigenvalue weighted by Gasteiger charge is 2.11. The SMILES string of the molecule is COCc1ccc(C(=O)NCCC(O)c2ccc(Cl)c(Cl)c2)cc1. The first-order valence-corrected chi connectivity index (χ1v) is 8.26. The van der Waals surface area contributed by atoms with Gasteiger partial charge in [-0.1, -0.05) is 41.4 Å². The largest absolute Gasteiger partial charge is 0.388 e. The van der Waals surface area contributed by atoms with E-state index in [-0.39, 0.29) is 5.91 Å². The summed E-state index contributed by atoms with van der Waals surface area (Å²) in [6, 6.07) is 12.2. The van der Waals surface area contributed by atoms with Crippen molar-refractivity contribution < 1.29 is 14.6 Å². The van der Waals surface area contributed by atoms with Gasteiger partial charge in [-0.15, -0.1) is 0 Å². The standard InChI is InChI=1S/C18H19Cl2NO3/c1-24-11-12-2-4-13(5-3-12)18(23)21-9-8-17(22)14-6-7-15(19)16(20)10-14/h2-7,10,17,22H,8-9,11H2,1H3,(H,21,23). The van der Waals surface area contributed by atoms with Gasteiger partial charge in [-0.05, 0) is 41.8 Å². The number of hydrogen-bond acceptors (Lipinski definition) is 3. The molecule has 6 heteroatoms. The van der Waals surface area contributed by atoms with Gasteiger partial charge in [0, 0.05) is 19.2 Å². The molecule has 2 rings (SSSR count). The van der Waals surface area contributed by atoms with Gasteiger partial charge in [0.1, 0.15) is 0 Å². The Morgan fingerprint density at radius 1 is 1.17 bits per heavy atom. The molecule has 0 aliphatic heterocycles. The lowest BCUT2D eigenvalue weighted by Gasteiger charge is -2.12. The summed E-state index contributed by atoms with van der Waals surface area (Å²) in [4.78, 5) is 12.1. The van der Waals surface area contributed by atoms with E-state index in [1.807, 2.05) is 12.1 Å². The summed E-state index contributed by atoms with van der Waals surface area (Å²) in [6.45, 7) is 0.859. The summed E-state index contributed by atoms with van der Waals surface area (Å²) in [5.74, 6) is -0.180. The number of amides is 1. The minimum absolute atomic E-state index is 0.180. The molecular weight excluding hydrogens is 349 g/mol. The molecule has 2 N–H and O–H groups in total. The molecular formula is C18H19Cl2NO3. The van der Waals surface area contributed by atoms with Crippen molar-refractivity contribution in [3.63, 3.8) is 0 Å². The first-order chi connectivity index (χ1) is 11.5. The summed E-state index contributed by atoms with van der Waals surface area (Å²) in [6.07, 6.45) is -0.338. The summed E-state index contributed by atoms with van der Waals surface area (Å²) in [7, 11) is 1.62. The van der Waals surface area contributed by atoms with Gasteiger partial charge >= 0.3 is 0 Å². The Balaban J connectivity index is 1.84. The molecule has 0 radical (unpaired) electrons. The van der Waals surface area contributed by atoms with Crippen molar-refractivity contribution in [3.8, 4) is 0 Å². The number of halogens is 2. The van der Waals surface area contributed by atoms with Crippen LogP contribution in [0.4, 0.5) is 0 Å². The number of ether oxygens (including phenoxy) is 1. The lowest BCUT2D eigenvalue weighted by molar-refractivity contribution is 0.0942. The second kappa shape index (κ2) is 9.04. The average molecular weight is 368 g/mol. The molecule has 0 heterocycles. The van der Waals surface area contributed by atoms with Crippen molar-refractivity contribution in [2.45, 2.75) is 19.1 Å². The van der Waals surface area contributed by atoms with Crippen molar-refractivity contribution in [1.82, 2.24) is 5.32 Å². The molecule has 24 heavy (non-hydrogen) atoms. The molecule has 4 nitrogen and oxygen atoms in total. The number of methoxy groups -OCH3 is 1. The number of carbonyl (C=O) groups excluding carboxylic acids is 1. The van der Waals surface area contributed by atoms with Gasteiger partial charge in [-0.25, -0.2) is 0 Å². The van der Waals surface area contributed by atoms with E-state index in [4.69, 9.17) is 27.9 Å². The molecule has 1 atom stereocenters. The predicted octanol–water partition coefficient (Wildman–Crippen LogP) is 3.99. The van der Waals surface area contributed by atoms with Gasteiger partial charge < -0.3 is 15.2 Å². The molecule has 0 aliphatic carbocycles. The van der Waals surface area contributed by atoms with Crippen LogP contribution in [0.5, 0.6) is 0 Å². The van der Waals surface area contributed by atoms with Crippen molar-refractivity contribution in [2.24, 2.45) is 0 Å². The zero-order valence-corrected chi connectivity index (χ0v) is 14.8. The van der Waals surface area contributed by atoms with E-state index in [0.29, 0.717) is 40.7 Å². The summed E-state index contributed by atoms with van der Waals surface area (Å²) in [5, 5.41) is 13.8. The van der Waals surface area contributed by atoms with Crippen LogP contribution in [-0.2, 0) is 11.3 Å². The lowest BCUT2D eigenvalue weighted by Crippen LogP contribution is -2.25. The minimum atomic E-state index is -0.718. The smallest absolute Gasteiger partial charge is 0.251 e. The van der Waals surface area contributed by atoms with E-state index in [1.54, 1.807) is 37.4 Å². The Morgan fingerprint density at radius 2 is 1.88 bits per heavy atom. The fourth-order valence-electron chi connectivity index (χ4n) is 2.23. The zero-order chi connectivity index (χ0) is 17.5.